The zero-order valence-electron chi connectivity index (χ0n) is 11.3. The molecule has 1 aliphatic rings. The molecule has 1 fully saturated rings. The van der Waals surface area contributed by atoms with Crippen LogP contribution in [0.15, 0.2) is 0 Å². The molecule has 1 unspecified atom stereocenters. The molecule has 0 aliphatic carbocycles. The molecule has 3 heteroatoms. The minimum Gasteiger partial charge on any atom is -0.313 e. The largest absolute Gasteiger partial charge is 0.313 e. The number of rotatable bonds is 7. The molecule has 0 amide bonds. The number of hydrogen-bond donors (Lipinski definition) is 1. The number of hydrogen-bond acceptors (Lipinski definition) is 3. The Kier molecular flexibility index (Phi) is 7.01. The van der Waals surface area contributed by atoms with Crippen LogP contribution in [-0.4, -0.2) is 61.7 Å². The van der Waals surface area contributed by atoms with Gasteiger partial charge in [0.2, 0.25) is 0 Å². The monoisotopic (exact) mass is 227 g/mol. The highest BCUT2D eigenvalue weighted by atomic mass is 15.3. The summed E-state index contributed by atoms with van der Waals surface area (Å²) in [5.74, 6) is 0. The first-order valence-electron chi connectivity index (χ1n) is 6.98. The van der Waals surface area contributed by atoms with Gasteiger partial charge in [-0.1, -0.05) is 27.2 Å². The minimum atomic E-state index is 0.697. The molecule has 1 rings (SSSR count). The van der Waals surface area contributed by atoms with Crippen molar-refractivity contribution >= 4 is 0 Å². The Morgan fingerprint density at radius 2 is 1.62 bits per heavy atom. The van der Waals surface area contributed by atoms with Crippen molar-refractivity contribution < 1.29 is 0 Å². The lowest BCUT2D eigenvalue weighted by Gasteiger charge is -2.36. The summed E-state index contributed by atoms with van der Waals surface area (Å²) in [6.45, 7) is 15.3. The Labute approximate surface area is 101 Å². The molecule has 0 aromatic rings. The third kappa shape index (κ3) is 4.81. The second kappa shape index (κ2) is 8.04. The van der Waals surface area contributed by atoms with Crippen LogP contribution in [0.2, 0.25) is 0 Å². The molecule has 1 heterocycles. The molecule has 0 aromatic heterocycles. The highest BCUT2D eigenvalue weighted by Crippen LogP contribution is 2.05. The van der Waals surface area contributed by atoms with Crippen LogP contribution in [0.5, 0.6) is 0 Å². The lowest BCUT2D eigenvalue weighted by Crippen LogP contribution is -2.50. The van der Waals surface area contributed by atoms with Gasteiger partial charge in [-0.2, -0.15) is 0 Å². The zero-order valence-corrected chi connectivity index (χ0v) is 11.3. The van der Waals surface area contributed by atoms with Gasteiger partial charge in [-0.25, -0.2) is 0 Å². The predicted octanol–water partition coefficient (Wildman–Crippen LogP) is 1.40. The fourth-order valence-electron chi connectivity index (χ4n) is 2.49. The van der Waals surface area contributed by atoms with Gasteiger partial charge in [0, 0.05) is 38.8 Å². The third-order valence-electron chi connectivity index (χ3n) is 3.52. The van der Waals surface area contributed by atoms with E-state index < -0.39 is 0 Å². The van der Waals surface area contributed by atoms with Crippen LogP contribution in [0.3, 0.4) is 0 Å². The fraction of sp³-hybridized carbons (Fsp3) is 1.00. The Morgan fingerprint density at radius 1 is 1.00 bits per heavy atom. The van der Waals surface area contributed by atoms with Crippen LogP contribution >= 0.6 is 0 Å². The molecule has 1 saturated heterocycles. The number of nitrogens with zero attached hydrogens (tertiary/aromatic N) is 2. The summed E-state index contributed by atoms with van der Waals surface area (Å²) in [5, 5.41) is 3.60. The van der Waals surface area contributed by atoms with E-state index in [2.05, 4.69) is 35.9 Å². The van der Waals surface area contributed by atoms with E-state index >= 15 is 0 Å². The molecule has 1 atom stereocenters. The Morgan fingerprint density at radius 3 is 2.12 bits per heavy atom. The maximum atomic E-state index is 3.60. The van der Waals surface area contributed by atoms with E-state index in [1.807, 2.05) is 0 Å². The van der Waals surface area contributed by atoms with E-state index in [9.17, 15) is 0 Å². The fourth-order valence-corrected chi connectivity index (χ4v) is 2.49. The summed E-state index contributed by atoms with van der Waals surface area (Å²) in [6.07, 6.45) is 2.59. The van der Waals surface area contributed by atoms with Gasteiger partial charge >= 0.3 is 0 Å². The van der Waals surface area contributed by atoms with Gasteiger partial charge in [0.25, 0.3) is 0 Å². The molecule has 3 nitrogen and oxygen atoms in total. The van der Waals surface area contributed by atoms with Crippen LogP contribution < -0.4 is 5.32 Å². The maximum absolute atomic E-state index is 3.60. The zero-order chi connectivity index (χ0) is 11.8. The highest BCUT2D eigenvalue weighted by Gasteiger charge is 2.18. The number of likely N-dealkylation sites (N-methyl/N-ethyl adjacent to an activating group) is 2. The van der Waals surface area contributed by atoms with Crippen LogP contribution in [-0.2, 0) is 0 Å². The molecule has 16 heavy (non-hydrogen) atoms. The van der Waals surface area contributed by atoms with E-state index in [1.54, 1.807) is 0 Å². The van der Waals surface area contributed by atoms with Crippen molar-refractivity contribution in [1.82, 2.24) is 15.1 Å². The Bertz CT molecular complexity index is 159. The minimum absolute atomic E-state index is 0.697. The molecule has 96 valence electrons. The first-order valence-corrected chi connectivity index (χ1v) is 6.98. The summed E-state index contributed by atoms with van der Waals surface area (Å²) >= 11 is 0. The first-order chi connectivity index (χ1) is 7.80. The van der Waals surface area contributed by atoms with E-state index in [1.165, 1.54) is 52.1 Å². The van der Waals surface area contributed by atoms with Gasteiger partial charge in [0.1, 0.15) is 0 Å². The molecular weight excluding hydrogens is 198 g/mol. The quantitative estimate of drug-likeness (QED) is 0.709. The number of nitrogens with one attached hydrogen (secondary N) is 1. The summed E-state index contributed by atoms with van der Waals surface area (Å²) in [5.41, 5.74) is 0. The molecule has 0 saturated carbocycles. The summed E-state index contributed by atoms with van der Waals surface area (Å²) in [6, 6.07) is 0.697. The van der Waals surface area contributed by atoms with E-state index in [-0.39, 0.29) is 0 Å². The second-order valence-electron chi connectivity index (χ2n) is 4.78. The van der Waals surface area contributed by atoms with E-state index in [4.69, 9.17) is 0 Å². The normalized spacial score (nSPS) is 21.2. The molecule has 0 radical (unpaired) electrons. The van der Waals surface area contributed by atoms with E-state index in [0.717, 1.165) is 6.54 Å². The summed E-state index contributed by atoms with van der Waals surface area (Å²) < 4.78 is 0. The predicted molar refractivity (Wildman–Crippen MR) is 70.9 cm³/mol. The molecule has 1 N–H and O–H groups in total. The molecular formula is C13H29N3. The molecule has 0 bridgehead atoms. The average molecular weight is 227 g/mol. The Hall–Kier alpha value is -0.120. The van der Waals surface area contributed by atoms with Crippen molar-refractivity contribution in [2.45, 2.75) is 39.7 Å². The van der Waals surface area contributed by atoms with Gasteiger partial charge in [0.05, 0.1) is 0 Å². The van der Waals surface area contributed by atoms with Crippen LogP contribution in [0, 0.1) is 0 Å². The third-order valence-corrected chi connectivity index (χ3v) is 3.52. The lowest BCUT2D eigenvalue weighted by molar-refractivity contribution is 0.126. The molecule has 0 aromatic carbocycles. The first kappa shape index (κ1) is 13.9. The standard InChI is InChI=1S/C13H29N3/c1-4-7-13(14-5-2)12-16-10-8-15(6-3)9-11-16/h13-14H,4-12H2,1-3H3. The van der Waals surface area contributed by atoms with Crippen molar-refractivity contribution in [2.24, 2.45) is 0 Å². The summed E-state index contributed by atoms with van der Waals surface area (Å²) in [7, 11) is 0. The maximum Gasteiger partial charge on any atom is 0.0194 e. The van der Waals surface area contributed by atoms with Crippen molar-refractivity contribution in [1.29, 1.82) is 0 Å². The van der Waals surface area contributed by atoms with Gasteiger partial charge in [0.15, 0.2) is 0 Å². The van der Waals surface area contributed by atoms with Crippen LogP contribution in [0.4, 0.5) is 0 Å². The Balaban J connectivity index is 2.24. The van der Waals surface area contributed by atoms with Crippen molar-refractivity contribution in [3.63, 3.8) is 0 Å². The van der Waals surface area contributed by atoms with Crippen LogP contribution in [0.1, 0.15) is 33.6 Å². The van der Waals surface area contributed by atoms with Gasteiger partial charge < -0.3 is 10.2 Å². The van der Waals surface area contributed by atoms with E-state index in [0.29, 0.717) is 6.04 Å². The lowest BCUT2D eigenvalue weighted by atomic mass is 10.1. The second-order valence-corrected chi connectivity index (χ2v) is 4.78. The van der Waals surface area contributed by atoms with Crippen molar-refractivity contribution in [3.8, 4) is 0 Å². The smallest absolute Gasteiger partial charge is 0.0194 e. The number of piperazine rings is 1. The molecule has 0 spiro atoms. The highest BCUT2D eigenvalue weighted by molar-refractivity contribution is 4.76. The van der Waals surface area contributed by atoms with Crippen molar-refractivity contribution in [2.75, 3.05) is 45.8 Å². The van der Waals surface area contributed by atoms with Gasteiger partial charge in [-0.05, 0) is 19.5 Å². The van der Waals surface area contributed by atoms with Crippen molar-refractivity contribution in [3.05, 3.63) is 0 Å². The summed E-state index contributed by atoms with van der Waals surface area (Å²) in [4.78, 5) is 5.16. The van der Waals surface area contributed by atoms with Gasteiger partial charge in [-0.3, -0.25) is 4.90 Å². The average Bonchev–Trinajstić information content (AvgIpc) is 2.31. The van der Waals surface area contributed by atoms with Crippen LogP contribution in [0.25, 0.3) is 0 Å². The SMILES string of the molecule is CCCC(CN1CCN(CC)CC1)NCC. The van der Waals surface area contributed by atoms with Gasteiger partial charge in [-0.15, -0.1) is 0 Å². The molecule has 1 aliphatic heterocycles. The topological polar surface area (TPSA) is 18.5 Å².